The van der Waals surface area contributed by atoms with E-state index in [1.165, 1.54) is 0 Å². The smallest absolute Gasteiger partial charge is 0.172 e. The maximum atomic E-state index is 12.6. The molecule has 0 aliphatic rings. The average molecular weight is 249 g/mol. The minimum absolute atomic E-state index is 0.125. The number of aromatic amines is 1. The molecule has 3 rings (SSSR count). The van der Waals surface area contributed by atoms with Gasteiger partial charge in [-0.2, -0.15) is 0 Å². The van der Waals surface area contributed by atoms with E-state index in [1.807, 2.05) is 67.7 Å². The van der Waals surface area contributed by atoms with Crippen molar-refractivity contribution in [2.45, 2.75) is 12.8 Å². The van der Waals surface area contributed by atoms with E-state index >= 15 is 0 Å². The van der Waals surface area contributed by atoms with E-state index in [1.54, 1.807) is 0 Å². The molecule has 0 radical (unpaired) electrons. The van der Waals surface area contributed by atoms with Gasteiger partial charge in [0, 0.05) is 28.6 Å². The molecule has 0 saturated heterocycles. The minimum Gasteiger partial charge on any atom is -0.360 e. The number of para-hydroxylation sites is 1. The number of Topliss-reactive ketones (excluding diaryl/α,β-unsaturated/α-hetero) is 1. The number of fused-ring (bicyclic) bond motifs is 1. The summed E-state index contributed by atoms with van der Waals surface area (Å²) in [5, 5.41) is 0.996. The summed E-state index contributed by atoms with van der Waals surface area (Å²) in [6, 6.07) is 17.8. The van der Waals surface area contributed by atoms with Crippen molar-refractivity contribution in [3.63, 3.8) is 0 Å². The van der Waals surface area contributed by atoms with Gasteiger partial charge in [-0.05, 0) is 11.6 Å². The van der Waals surface area contributed by atoms with Gasteiger partial charge in [0.15, 0.2) is 5.78 Å². The number of rotatable bonds is 3. The Bertz CT molecular complexity index is 712. The molecule has 0 fully saturated rings. The first-order chi connectivity index (χ1) is 9.27. The van der Waals surface area contributed by atoms with Gasteiger partial charge in [0.05, 0.1) is 0 Å². The van der Waals surface area contributed by atoms with Crippen LogP contribution in [0.5, 0.6) is 0 Å². The molecule has 94 valence electrons. The SMILES string of the molecule is CC(C(=O)c1c[nH]c2ccccc12)c1ccccc1. The molecule has 1 heterocycles. The van der Waals surface area contributed by atoms with E-state index in [4.69, 9.17) is 0 Å². The van der Waals surface area contributed by atoms with Gasteiger partial charge >= 0.3 is 0 Å². The molecule has 0 spiro atoms. The zero-order valence-corrected chi connectivity index (χ0v) is 10.8. The number of aromatic nitrogens is 1. The molecular weight excluding hydrogens is 234 g/mol. The molecule has 0 aliphatic heterocycles. The second-order valence-electron chi connectivity index (χ2n) is 4.74. The summed E-state index contributed by atoms with van der Waals surface area (Å²) in [4.78, 5) is 15.8. The van der Waals surface area contributed by atoms with Crippen LogP contribution in [0.15, 0.2) is 60.8 Å². The molecule has 1 atom stereocenters. The third-order valence-electron chi connectivity index (χ3n) is 3.55. The fourth-order valence-electron chi connectivity index (χ4n) is 2.40. The second kappa shape index (κ2) is 4.73. The standard InChI is InChI=1S/C17H15NO/c1-12(13-7-3-2-4-8-13)17(19)15-11-18-16-10-6-5-9-14(15)16/h2-12,18H,1H3. The van der Waals surface area contributed by atoms with Gasteiger partial charge in [0.2, 0.25) is 0 Å². The number of carbonyl (C=O) groups is 1. The number of carbonyl (C=O) groups excluding carboxylic acids is 1. The van der Waals surface area contributed by atoms with Crippen molar-refractivity contribution in [3.8, 4) is 0 Å². The molecule has 1 aromatic heterocycles. The van der Waals surface area contributed by atoms with E-state index in [0.717, 1.165) is 22.0 Å². The highest BCUT2D eigenvalue weighted by atomic mass is 16.1. The molecular formula is C17H15NO. The van der Waals surface area contributed by atoms with Crippen LogP contribution in [0.1, 0.15) is 28.8 Å². The lowest BCUT2D eigenvalue weighted by atomic mass is 9.92. The Hall–Kier alpha value is -2.35. The Kier molecular flexibility index (Phi) is 2.92. The largest absolute Gasteiger partial charge is 0.360 e. The summed E-state index contributed by atoms with van der Waals surface area (Å²) in [6.45, 7) is 1.96. The molecule has 0 amide bonds. The van der Waals surface area contributed by atoms with Gasteiger partial charge in [0.1, 0.15) is 0 Å². The van der Waals surface area contributed by atoms with E-state index in [-0.39, 0.29) is 11.7 Å². The predicted molar refractivity (Wildman–Crippen MR) is 77.5 cm³/mol. The highest BCUT2D eigenvalue weighted by Gasteiger charge is 2.19. The molecule has 2 nitrogen and oxygen atoms in total. The van der Waals surface area contributed by atoms with Crippen LogP contribution in [0.2, 0.25) is 0 Å². The molecule has 2 aromatic carbocycles. The van der Waals surface area contributed by atoms with Gasteiger partial charge < -0.3 is 4.98 Å². The predicted octanol–water partition coefficient (Wildman–Crippen LogP) is 4.15. The highest BCUT2D eigenvalue weighted by molar-refractivity contribution is 6.10. The van der Waals surface area contributed by atoms with Gasteiger partial charge in [-0.3, -0.25) is 4.79 Å². The Morgan fingerprint density at radius 3 is 2.47 bits per heavy atom. The van der Waals surface area contributed by atoms with E-state index in [2.05, 4.69) is 4.98 Å². The lowest BCUT2D eigenvalue weighted by Gasteiger charge is -2.09. The van der Waals surface area contributed by atoms with Crippen LogP contribution in [0, 0.1) is 0 Å². The summed E-state index contributed by atoms with van der Waals surface area (Å²) in [6.07, 6.45) is 1.81. The zero-order valence-electron chi connectivity index (χ0n) is 10.8. The monoisotopic (exact) mass is 249 g/mol. The number of benzene rings is 2. The fourth-order valence-corrected chi connectivity index (χ4v) is 2.40. The highest BCUT2D eigenvalue weighted by Crippen LogP contribution is 2.25. The zero-order chi connectivity index (χ0) is 13.2. The van der Waals surface area contributed by atoms with Crippen LogP contribution in [-0.4, -0.2) is 10.8 Å². The van der Waals surface area contributed by atoms with E-state index < -0.39 is 0 Å². The Labute approximate surface area is 112 Å². The first-order valence-electron chi connectivity index (χ1n) is 6.42. The summed E-state index contributed by atoms with van der Waals surface area (Å²) in [7, 11) is 0. The fraction of sp³-hybridized carbons (Fsp3) is 0.118. The van der Waals surface area contributed by atoms with Crippen molar-refractivity contribution < 1.29 is 4.79 Å². The topological polar surface area (TPSA) is 32.9 Å². The van der Waals surface area contributed by atoms with Crippen LogP contribution in [0.3, 0.4) is 0 Å². The first-order valence-corrected chi connectivity index (χ1v) is 6.42. The molecule has 0 bridgehead atoms. The Morgan fingerprint density at radius 1 is 1.00 bits per heavy atom. The van der Waals surface area contributed by atoms with Crippen molar-refractivity contribution >= 4 is 16.7 Å². The van der Waals surface area contributed by atoms with Crippen molar-refractivity contribution in [3.05, 3.63) is 71.9 Å². The van der Waals surface area contributed by atoms with Gasteiger partial charge in [0.25, 0.3) is 0 Å². The Morgan fingerprint density at radius 2 is 1.68 bits per heavy atom. The van der Waals surface area contributed by atoms with Crippen LogP contribution in [0.25, 0.3) is 10.9 Å². The van der Waals surface area contributed by atoms with Gasteiger partial charge in [-0.25, -0.2) is 0 Å². The number of H-pyrrole nitrogens is 1. The van der Waals surface area contributed by atoms with Crippen LogP contribution in [0.4, 0.5) is 0 Å². The van der Waals surface area contributed by atoms with Crippen molar-refractivity contribution in [1.29, 1.82) is 0 Å². The maximum absolute atomic E-state index is 12.6. The summed E-state index contributed by atoms with van der Waals surface area (Å²) >= 11 is 0. The molecule has 0 aliphatic carbocycles. The molecule has 1 N–H and O–H groups in total. The second-order valence-corrected chi connectivity index (χ2v) is 4.74. The number of ketones is 1. The maximum Gasteiger partial charge on any atom is 0.172 e. The summed E-state index contributed by atoms with van der Waals surface area (Å²) in [5.41, 5.74) is 2.83. The molecule has 2 heteroatoms. The number of hydrogen-bond acceptors (Lipinski definition) is 1. The van der Waals surface area contributed by atoms with Crippen molar-refractivity contribution in [1.82, 2.24) is 4.98 Å². The number of nitrogens with one attached hydrogen (secondary N) is 1. The van der Waals surface area contributed by atoms with E-state index in [0.29, 0.717) is 0 Å². The van der Waals surface area contributed by atoms with Crippen molar-refractivity contribution in [2.24, 2.45) is 0 Å². The quantitative estimate of drug-likeness (QED) is 0.695. The Balaban J connectivity index is 2.00. The molecule has 3 aromatic rings. The van der Waals surface area contributed by atoms with Crippen LogP contribution >= 0.6 is 0 Å². The molecule has 19 heavy (non-hydrogen) atoms. The normalized spacial score (nSPS) is 12.5. The third kappa shape index (κ3) is 2.06. The summed E-state index contributed by atoms with van der Waals surface area (Å²) < 4.78 is 0. The average Bonchev–Trinajstić information content (AvgIpc) is 2.90. The molecule has 0 saturated carbocycles. The van der Waals surface area contributed by atoms with E-state index in [9.17, 15) is 4.79 Å². The van der Waals surface area contributed by atoms with Crippen LogP contribution < -0.4 is 0 Å². The first kappa shape index (κ1) is 11.7. The lowest BCUT2D eigenvalue weighted by Crippen LogP contribution is -2.08. The number of hydrogen-bond donors (Lipinski definition) is 1. The van der Waals surface area contributed by atoms with Gasteiger partial charge in [-0.1, -0.05) is 55.5 Å². The van der Waals surface area contributed by atoms with Crippen molar-refractivity contribution in [2.75, 3.05) is 0 Å². The molecule has 1 unspecified atom stereocenters. The lowest BCUT2D eigenvalue weighted by molar-refractivity contribution is 0.0968. The van der Waals surface area contributed by atoms with Gasteiger partial charge in [-0.15, -0.1) is 0 Å². The van der Waals surface area contributed by atoms with Crippen LogP contribution in [-0.2, 0) is 0 Å². The third-order valence-corrected chi connectivity index (χ3v) is 3.55. The summed E-state index contributed by atoms with van der Waals surface area (Å²) in [5.74, 6) is 0.0315. The minimum atomic E-state index is -0.125.